The highest BCUT2D eigenvalue weighted by molar-refractivity contribution is 5.82. The molecule has 0 aliphatic carbocycles. The number of imidazole rings is 1. The van der Waals surface area contributed by atoms with Crippen LogP contribution in [0.25, 0.3) is 0 Å². The molecule has 2 aromatic rings. The summed E-state index contributed by atoms with van der Waals surface area (Å²) in [4.78, 5) is 30.7. The van der Waals surface area contributed by atoms with Crippen LogP contribution >= 0.6 is 0 Å². The van der Waals surface area contributed by atoms with Gasteiger partial charge in [-0.1, -0.05) is 12.1 Å². The fourth-order valence-corrected chi connectivity index (χ4v) is 3.34. The van der Waals surface area contributed by atoms with Crippen LogP contribution in [0.3, 0.4) is 0 Å². The van der Waals surface area contributed by atoms with E-state index in [0.717, 1.165) is 31.4 Å². The van der Waals surface area contributed by atoms with Crippen molar-refractivity contribution in [1.29, 1.82) is 0 Å². The molecule has 6 nitrogen and oxygen atoms in total. The monoisotopic (exact) mass is 372 g/mol. The third-order valence-corrected chi connectivity index (χ3v) is 4.87. The highest BCUT2D eigenvalue weighted by Crippen LogP contribution is 2.18. The van der Waals surface area contributed by atoms with Gasteiger partial charge in [0.25, 0.3) is 0 Å². The predicted octanol–water partition coefficient (Wildman–Crippen LogP) is 2.01. The summed E-state index contributed by atoms with van der Waals surface area (Å²) in [6, 6.07) is 5.97. The minimum atomic E-state index is -0.311. The van der Waals surface area contributed by atoms with Crippen LogP contribution < -0.4 is 5.32 Å². The van der Waals surface area contributed by atoms with Crippen molar-refractivity contribution in [3.05, 3.63) is 54.4 Å². The van der Waals surface area contributed by atoms with Crippen molar-refractivity contribution in [2.24, 2.45) is 5.92 Å². The van der Waals surface area contributed by atoms with Gasteiger partial charge in [0.2, 0.25) is 11.8 Å². The van der Waals surface area contributed by atoms with Crippen molar-refractivity contribution in [2.75, 3.05) is 19.6 Å². The summed E-state index contributed by atoms with van der Waals surface area (Å²) in [5, 5.41) is 2.98. The highest BCUT2D eigenvalue weighted by Gasteiger charge is 2.28. The fraction of sp³-hybridized carbons (Fsp3) is 0.450. The van der Waals surface area contributed by atoms with Gasteiger partial charge in [0.1, 0.15) is 5.82 Å². The van der Waals surface area contributed by atoms with Crippen LogP contribution in [0.5, 0.6) is 0 Å². The fourth-order valence-electron chi connectivity index (χ4n) is 3.34. The quantitative estimate of drug-likeness (QED) is 0.756. The lowest BCUT2D eigenvalue weighted by Crippen LogP contribution is -2.46. The molecule has 27 heavy (non-hydrogen) atoms. The lowest BCUT2D eigenvalue weighted by atomic mass is 9.96. The van der Waals surface area contributed by atoms with Gasteiger partial charge in [-0.25, -0.2) is 9.37 Å². The van der Waals surface area contributed by atoms with E-state index in [1.165, 1.54) is 12.1 Å². The van der Waals surface area contributed by atoms with Gasteiger partial charge in [-0.15, -0.1) is 0 Å². The average Bonchev–Trinajstić information content (AvgIpc) is 3.20. The molecule has 1 aliphatic heterocycles. The molecule has 7 heteroatoms. The Balaban J connectivity index is 1.42. The Bertz CT molecular complexity index is 746. The first-order chi connectivity index (χ1) is 13.1. The number of hydrogen-bond acceptors (Lipinski definition) is 3. The maximum Gasteiger partial charge on any atom is 0.227 e. The summed E-state index contributed by atoms with van der Waals surface area (Å²) in [6.45, 7) is 2.54. The van der Waals surface area contributed by atoms with Gasteiger partial charge in [-0.2, -0.15) is 0 Å². The number of nitrogens with zero attached hydrogens (tertiary/aromatic N) is 3. The predicted molar refractivity (Wildman–Crippen MR) is 99.3 cm³/mol. The summed E-state index contributed by atoms with van der Waals surface area (Å²) >= 11 is 0. The van der Waals surface area contributed by atoms with Crippen molar-refractivity contribution < 1.29 is 14.0 Å². The molecular weight excluding hydrogens is 347 g/mol. The van der Waals surface area contributed by atoms with E-state index in [9.17, 15) is 14.0 Å². The zero-order valence-corrected chi connectivity index (χ0v) is 15.3. The maximum atomic E-state index is 13.0. The second kappa shape index (κ2) is 9.30. The van der Waals surface area contributed by atoms with Gasteiger partial charge in [0, 0.05) is 38.6 Å². The second-order valence-corrected chi connectivity index (χ2v) is 6.93. The summed E-state index contributed by atoms with van der Waals surface area (Å²) in [6.07, 6.45) is 8.08. The number of piperidine rings is 1. The first-order valence-electron chi connectivity index (χ1n) is 9.37. The highest BCUT2D eigenvalue weighted by atomic mass is 19.1. The molecule has 0 radical (unpaired) electrons. The van der Waals surface area contributed by atoms with Crippen molar-refractivity contribution in [1.82, 2.24) is 19.8 Å². The number of hydrogen-bond donors (Lipinski definition) is 1. The van der Waals surface area contributed by atoms with E-state index in [2.05, 4.69) is 10.3 Å². The largest absolute Gasteiger partial charge is 0.356 e. The van der Waals surface area contributed by atoms with E-state index < -0.39 is 0 Å². The molecule has 1 fully saturated rings. The number of aryl methyl sites for hydroxylation is 1. The van der Waals surface area contributed by atoms with E-state index in [1.54, 1.807) is 29.6 Å². The Morgan fingerprint density at radius 1 is 1.26 bits per heavy atom. The van der Waals surface area contributed by atoms with Crippen LogP contribution in [0.2, 0.25) is 0 Å². The summed E-state index contributed by atoms with van der Waals surface area (Å²) in [5.74, 6) is -0.475. The molecule has 3 rings (SSSR count). The van der Waals surface area contributed by atoms with Gasteiger partial charge < -0.3 is 14.8 Å². The number of halogens is 1. The summed E-state index contributed by atoms with van der Waals surface area (Å²) < 4.78 is 15.0. The molecule has 1 atom stereocenters. The summed E-state index contributed by atoms with van der Waals surface area (Å²) in [7, 11) is 0. The number of aromatic nitrogens is 2. The molecule has 1 saturated heterocycles. The Morgan fingerprint density at radius 3 is 2.81 bits per heavy atom. The molecule has 1 aromatic carbocycles. The lowest BCUT2D eigenvalue weighted by molar-refractivity contribution is -0.135. The number of nitrogens with one attached hydrogen (secondary N) is 1. The third kappa shape index (κ3) is 5.64. The molecule has 1 aliphatic rings. The van der Waals surface area contributed by atoms with Crippen molar-refractivity contribution in [3.63, 3.8) is 0 Å². The first-order valence-corrected chi connectivity index (χ1v) is 9.37. The van der Waals surface area contributed by atoms with Crippen molar-refractivity contribution in [2.45, 2.75) is 32.2 Å². The van der Waals surface area contributed by atoms with E-state index in [0.29, 0.717) is 19.6 Å². The number of carbonyl (C=O) groups excluding carboxylic acids is 2. The molecule has 144 valence electrons. The zero-order valence-electron chi connectivity index (χ0n) is 15.3. The van der Waals surface area contributed by atoms with Crippen molar-refractivity contribution in [3.8, 4) is 0 Å². The van der Waals surface area contributed by atoms with Gasteiger partial charge in [0.15, 0.2) is 0 Å². The molecule has 0 bridgehead atoms. The minimum Gasteiger partial charge on any atom is -0.356 e. The van der Waals surface area contributed by atoms with E-state index >= 15 is 0 Å². The maximum absolute atomic E-state index is 13.0. The molecule has 1 aromatic heterocycles. The zero-order chi connectivity index (χ0) is 19.1. The normalized spacial score (nSPS) is 16.9. The molecule has 1 unspecified atom stereocenters. The van der Waals surface area contributed by atoms with E-state index in [1.807, 2.05) is 10.8 Å². The van der Waals surface area contributed by atoms with Gasteiger partial charge in [-0.05, 0) is 37.0 Å². The molecule has 0 spiro atoms. The van der Waals surface area contributed by atoms with Crippen molar-refractivity contribution >= 4 is 11.8 Å². The number of benzene rings is 1. The topological polar surface area (TPSA) is 67.2 Å². The minimum absolute atomic E-state index is 0.0138. The van der Waals surface area contributed by atoms with Gasteiger partial charge in [0.05, 0.1) is 18.7 Å². The molecule has 2 amide bonds. The summed E-state index contributed by atoms with van der Waals surface area (Å²) in [5.41, 5.74) is 0.785. The molecular formula is C20H25FN4O2. The van der Waals surface area contributed by atoms with Crippen LogP contribution in [0, 0.1) is 11.7 Å². The Hall–Kier alpha value is -2.70. The number of likely N-dealkylation sites (tertiary alicyclic amines) is 1. The van der Waals surface area contributed by atoms with Crippen LogP contribution in [0.15, 0.2) is 43.0 Å². The molecule has 1 N–H and O–H groups in total. The average molecular weight is 372 g/mol. The smallest absolute Gasteiger partial charge is 0.227 e. The Kier molecular flexibility index (Phi) is 6.57. The number of carbonyl (C=O) groups is 2. The lowest BCUT2D eigenvalue weighted by Gasteiger charge is -2.32. The van der Waals surface area contributed by atoms with Crippen LogP contribution in [-0.4, -0.2) is 45.9 Å². The Morgan fingerprint density at radius 2 is 2.07 bits per heavy atom. The standard InChI is InChI=1S/C20H25FN4O2/c21-18-6-4-16(5-7-18)13-19(26)25-11-1-3-17(14-25)20(27)23-8-2-10-24-12-9-22-15-24/h4-7,9,12,15,17H,1-3,8,10-11,13-14H2,(H,23,27). The van der Waals surface area contributed by atoms with Gasteiger partial charge in [-0.3, -0.25) is 9.59 Å². The van der Waals surface area contributed by atoms with Crippen LogP contribution in [-0.2, 0) is 22.6 Å². The number of rotatable bonds is 7. The third-order valence-electron chi connectivity index (χ3n) is 4.87. The van der Waals surface area contributed by atoms with E-state index in [-0.39, 0.29) is 30.0 Å². The Labute approximate surface area is 158 Å². The molecule has 2 heterocycles. The van der Waals surface area contributed by atoms with Crippen LogP contribution in [0.4, 0.5) is 4.39 Å². The first kappa shape index (κ1) is 19.1. The SMILES string of the molecule is O=C(NCCCn1ccnc1)C1CCCN(C(=O)Cc2ccc(F)cc2)C1. The van der Waals surface area contributed by atoms with Crippen LogP contribution in [0.1, 0.15) is 24.8 Å². The number of amides is 2. The second-order valence-electron chi connectivity index (χ2n) is 6.93. The van der Waals surface area contributed by atoms with Gasteiger partial charge >= 0.3 is 0 Å². The van der Waals surface area contributed by atoms with E-state index in [4.69, 9.17) is 0 Å². The molecule has 0 saturated carbocycles.